The maximum Gasteiger partial charge on any atom is 0.358 e. The number of hydrogen-bond acceptors (Lipinski definition) is 2. The van der Waals surface area contributed by atoms with Gasteiger partial charge in [-0.2, -0.15) is 0 Å². The molecule has 2 nitrogen and oxygen atoms in total. The molecule has 0 saturated carbocycles. The Morgan fingerprint density at radius 3 is 1.39 bits per heavy atom. The second-order valence-electron chi connectivity index (χ2n) is 6.18. The van der Waals surface area contributed by atoms with Crippen molar-refractivity contribution in [3.63, 3.8) is 0 Å². The van der Waals surface area contributed by atoms with Gasteiger partial charge in [0.1, 0.15) is 11.5 Å². The first-order valence-corrected chi connectivity index (χ1v) is 10.1. The summed E-state index contributed by atoms with van der Waals surface area (Å²) >= 11 is -0.229. The van der Waals surface area contributed by atoms with Crippen LogP contribution in [0.25, 0.3) is 0 Å². The molecule has 3 heteroatoms. The van der Waals surface area contributed by atoms with Crippen LogP contribution in [0.15, 0.2) is 36.4 Å². The van der Waals surface area contributed by atoms with E-state index in [1.165, 1.54) is 18.3 Å². The first kappa shape index (κ1) is 18.1. The van der Waals surface area contributed by atoms with Crippen molar-refractivity contribution >= 4 is 0 Å². The maximum absolute atomic E-state index is 5.40. The van der Waals surface area contributed by atoms with Gasteiger partial charge >= 0.3 is 21.2 Å². The number of hydrogen-bond donors (Lipinski definition) is 0. The summed E-state index contributed by atoms with van der Waals surface area (Å²) in [5.74, 6) is 2.89. The highest BCUT2D eigenvalue weighted by Crippen LogP contribution is 2.22. The Morgan fingerprint density at radius 2 is 1.09 bits per heavy atom. The lowest BCUT2D eigenvalue weighted by Gasteiger charge is -2.10. The number of methoxy groups -OCH3 is 2. The van der Waals surface area contributed by atoms with Crippen LogP contribution < -0.4 is 30.7 Å². The standard InChI is InChI=1S/C20H26IO2/c1-13(2)17-11-15(22-5)7-9-19(17)21-20-10-8-16(23-6)12-18(20)14(3)4/h7-14H,1-6H3/q+1. The molecule has 23 heavy (non-hydrogen) atoms. The third kappa shape index (κ3) is 4.40. The molecule has 2 rings (SSSR count). The fraction of sp³-hybridized carbons (Fsp3) is 0.400. The van der Waals surface area contributed by atoms with Crippen LogP contribution in [0.3, 0.4) is 0 Å². The average molecular weight is 425 g/mol. The summed E-state index contributed by atoms with van der Waals surface area (Å²) in [6.07, 6.45) is 0. The Morgan fingerprint density at radius 1 is 0.696 bits per heavy atom. The predicted molar refractivity (Wildman–Crippen MR) is 91.6 cm³/mol. The number of halogens is 1. The lowest BCUT2D eigenvalue weighted by atomic mass is 10.0. The van der Waals surface area contributed by atoms with Crippen LogP contribution in [0.5, 0.6) is 11.5 Å². The molecule has 0 atom stereocenters. The van der Waals surface area contributed by atoms with Gasteiger partial charge < -0.3 is 9.47 Å². The Kier molecular flexibility index (Phi) is 6.33. The van der Waals surface area contributed by atoms with Gasteiger partial charge in [0.25, 0.3) is 0 Å². The molecule has 124 valence electrons. The number of ether oxygens (including phenoxy) is 2. The largest absolute Gasteiger partial charge is 0.497 e. The van der Waals surface area contributed by atoms with Crippen molar-refractivity contribution in [3.8, 4) is 11.5 Å². The Bertz CT molecular complexity index is 605. The molecule has 0 bridgehead atoms. The maximum atomic E-state index is 5.40. The highest BCUT2D eigenvalue weighted by Gasteiger charge is 2.26. The van der Waals surface area contributed by atoms with Gasteiger partial charge in [-0.15, -0.1) is 0 Å². The molecule has 0 radical (unpaired) electrons. The van der Waals surface area contributed by atoms with E-state index < -0.39 is 0 Å². The number of benzene rings is 2. The summed E-state index contributed by atoms with van der Waals surface area (Å²) in [6.45, 7) is 9.00. The van der Waals surface area contributed by atoms with Crippen LogP contribution in [-0.4, -0.2) is 14.2 Å². The first-order chi connectivity index (χ1) is 11.0. The molecule has 0 fully saturated rings. The molecule has 0 spiro atoms. The molecule has 2 aromatic carbocycles. The van der Waals surface area contributed by atoms with Crippen LogP contribution in [0.4, 0.5) is 0 Å². The Balaban J connectivity index is 2.43. The van der Waals surface area contributed by atoms with E-state index in [0.717, 1.165) is 11.5 Å². The van der Waals surface area contributed by atoms with Crippen molar-refractivity contribution in [2.75, 3.05) is 14.2 Å². The fourth-order valence-corrected chi connectivity index (χ4v) is 5.99. The monoisotopic (exact) mass is 425 g/mol. The van der Waals surface area contributed by atoms with Crippen molar-refractivity contribution in [1.82, 2.24) is 0 Å². The van der Waals surface area contributed by atoms with Gasteiger partial charge in [-0.05, 0) is 48.2 Å². The first-order valence-electron chi connectivity index (χ1n) is 7.97. The van der Waals surface area contributed by atoms with E-state index in [4.69, 9.17) is 9.47 Å². The van der Waals surface area contributed by atoms with Gasteiger partial charge in [0.05, 0.1) is 14.2 Å². The van der Waals surface area contributed by atoms with E-state index in [0.29, 0.717) is 11.8 Å². The third-order valence-electron chi connectivity index (χ3n) is 3.85. The van der Waals surface area contributed by atoms with E-state index >= 15 is 0 Å². The van der Waals surface area contributed by atoms with Gasteiger partial charge in [0.2, 0.25) is 0 Å². The summed E-state index contributed by atoms with van der Waals surface area (Å²) in [7, 11) is 3.46. The van der Waals surface area contributed by atoms with Crippen molar-refractivity contribution < 1.29 is 30.7 Å². The highest BCUT2D eigenvalue weighted by molar-refractivity contribution is 5.32. The zero-order valence-electron chi connectivity index (χ0n) is 14.8. The van der Waals surface area contributed by atoms with E-state index in [1.807, 2.05) is 0 Å². The fourth-order valence-electron chi connectivity index (χ4n) is 2.46. The van der Waals surface area contributed by atoms with Gasteiger partial charge in [0.15, 0.2) is 7.14 Å². The zero-order valence-corrected chi connectivity index (χ0v) is 17.0. The van der Waals surface area contributed by atoms with Crippen molar-refractivity contribution in [1.29, 1.82) is 0 Å². The molecule has 2 aromatic rings. The minimum atomic E-state index is -0.229. The Labute approximate surface area is 150 Å². The molecule has 0 unspecified atom stereocenters. The molecule has 0 N–H and O–H groups in total. The molecule has 0 amide bonds. The van der Waals surface area contributed by atoms with Gasteiger partial charge in [-0.3, -0.25) is 0 Å². The van der Waals surface area contributed by atoms with Gasteiger partial charge in [0, 0.05) is 11.1 Å². The van der Waals surface area contributed by atoms with E-state index in [2.05, 4.69) is 64.1 Å². The smallest absolute Gasteiger partial charge is 0.358 e. The molecule has 0 saturated heterocycles. The summed E-state index contributed by atoms with van der Waals surface area (Å²) in [5, 5.41) is 0. The lowest BCUT2D eigenvalue weighted by molar-refractivity contribution is -0.599. The molecule has 0 aromatic heterocycles. The van der Waals surface area contributed by atoms with Crippen LogP contribution in [0.2, 0.25) is 0 Å². The van der Waals surface area contributed by atoms with Crippen molar-refractivity contribution in [2.24, 2.45) is 0 Å². The third-order valence-corrected chi connectivity index (χ3v) is 6.98. The molecular weight excluding hydrogens is 399 g/mol. The highest BCUT2D eigenvalue weighted by atomic mass is 127. The van der Waals surface area contributed by atoms with Crippen LogP contribution in [-0.2, 0) is 0 Å². The van der Waals surface area contributed by atoms with Crippen LogP contribution in [0.1, 0.15) is 50.7 Å². The SMILES string of the molecule is COc1ccc([I+]c2ccc(OC)cc2C(C)C)c(C(C)C)c1. The molecule has 0 aliphatic rings. The zero-order chi connectivity index (χ0) is 17.0. The normalized spacial score (nSPS) is 11.1. The van der Waals surface area contributed by atoms with E-state index in [9.17, 15) is 0 Å². The number of rotatable bonds is 6. The molecule has 0 aliphatic carbocycles. The van der Waals surface area contributed by atoms with Crippen molar-refractivity contribution in [3.05, 3.63) is 54.7 Å². The predicted octanol–water partition coefficient (Wildman–Crippen LogP) is 2.08. The summed E-state index contributed by atoms with van der Waals surface area (Å²) in [6, 6.07) is 13.0. The van der Waals surface area contributed by atoms with Crippen molar-refractivity contribution in [2.45, 2.75) is 39.5 Å². The molecular formula is C20H26IO2+. The van der Waals surface area contributed by atoms with Crippen LogP contribution in [0, 0.1) is 7.14 Å². The summed E-state index contributed by atoms with van der Waals surface area (Å²) in [5.41, 5.74) is 2.81. The lowest BCUT2D eigenvalue weighted by Crippen LogP contribution is -3.62. The second kappa shape index (κ2) is 8.04. The van der Waals surface area contributed by atoms with Gasteiger partial charge in [-0.25, -0.2) is 0 Å². The Hall–Kier alpha value is -1.23. The quantitative estimate of drug-likeness (QED) is 0.660. The topological polar surface area (TPSA) is 18.5 Å². The van der Waals surface area contributed by atoms with Crippen LogP contribution >= 0.6 is 0 Å². The summed E-state index contributed by atoms with van der Waals surface area (Å²) in [4.78, 5) is 0. The van der Waals surface area contributed by atoms with E-state index in [-0.39, 0.29) is 21.2 Å². The molecule has 0 aliphatic heterocycles. The second-order valence-corrected chi connectivity index (χ2v) is 9.04. The average Bonchev–Trinajstić information content (AvgIpc) is 2.55. The minimum Gasteiger partial charge on any atom is -0.497 e. The minimum absolute atomic E-state index is 0.229. The summed E-state index contributed by atoms with van der Waals surface area (Å²) < 4.78 is 13.8. The molecule has 0 heterocycles. The van der Waals surface area contributed by atoms with E-state index in [1.54, 1.807) is 14.2 Å². The van der Waals surface area contributed by atoms with Gasteiger partial charge in [-0.1, -0.05) is 27.7 Å².